The Hall–Kier alpha value is -0.400. The maximum absolute atomic E-state index is 11.9. The van der Waals surface area contributed by atoms with E-state index in [0.717, 1.165) is 19.3 Å². The highest BCUT2D eigenvalue weighted by atomic mass is 31.1. The Morgan fingerprint density at radius 2 is 1.11 bits per heavy atom. The van der Waals surface area contributed by atoms with Crippen molar-refractivity contribution in [3.8, 4) is 0 Å². The van der Waals surface area contributed by atoms with Gasteiger partial charge in [0, 0.05) is 12.8 Å². The smallest absolute Gasteiger partial charge is 0.314 e. The fourth-order valence-electron chi connectivity index (χ4n) is 4.09. The molecule has 0 rings (SSSR count). The summed E-state index contributed by atoms with van der Waals surface area (Å²) < 4.78 is 24.3. The van der Waals surface area contributed by atoms with Gasteiger partial charge in [-0.1, -0.05) is 83.6 Å². The van der Waals surface area contributed by atoms with Crippen molar-refractivity contribution in [1.29, 1.82) is 0 Å². The van der Waals surface area contributed by atoms with Crippen LogP contribution in [0.3, 0.4) is 0 Å². The molecule has 0 fully saturated rings. The molecule has 0 amide bonds. The molecule has 0 aliphatic rings. The predicted molar refractivity (Wildman–Crippen MR) is 119 cm³/mol. The molecule has 4 heteroatoms. The number of quaternary nitrogens is 1. The second-order valence-corrected chi connectivity index (χ2v) is 10.4. The lowest BCUT2D eigenvalue weighted by Gasteiger charge is -2.40. The quantitative estimate of drug-likeness (QED) is 0.0952. The molecule has 0 aliphatic heterocycles. The van der Waals surface area contributed by atoms with Crippen LogP contribution in [0.5, 0.6) is 0 Å². The van der Waals surface area contributed by atoms with Crippen molar-refractivity contribution >= 4 is 7.68 Å². The van der Waals surface area contributed by atoms with Gasteiger partial charge in [0.2, 0.25) is 5.28 Å². The van der Waals surface area contributed by atoms with Crippen molar-refractivity contribution in [3.63, 3.8) is 0 Å². The van der Waals surface area contributed by atoms with Crippen molar-refractivity contribution in [2.24, 2.45) is 0 Å². The Balaban J connectivity index is 3.63. The van der Waals surface area contributed by atoms with Gasteiger partial charge >= 0.3 is 7.68 Å². The van der Waals surface area contributed by atoms with E-state index in [4.69, 9.17) is 0 Å². The highest BCUT2D eigenvalue weighted by Gasteiger charge is 2.46. The molecule has 1 unspecified atom stereocenters. The molecule has 27 heavy (non-hydrogen) atoms. The molecule has 0 saturated carbocycles. The SMILES string of the molecule is C=CCCCCCCCCCCCCCCCC(CC)(P(=O)=O)[N+](C)(C)C. The van der Waals surface area contributed by atoms with Crippen LogP contribution in [-0.4, -0.2) is 30.9 Å². The number of nitrogens with zero attached hydrogens (tertiary/aromatic N) is 1. The van der Waals surface area contributed by atoms with E-state index in [1.807, 2.05) is 34.1 Å². The van der Waals surface area contributed by atoms with E-state index in [1.54, 1.807) is 0 Å². The standard InChI is InChI=1S/C23H47NO2P/c1-6-8-9-10-11-12-13-14-15-16-17-18-19-20-21-22-23(7-2,27(25)26)24(3,4)5/h6H,1,7-22H2,2-5H3/q+1. The number of allylic oxidation sites excluding steroid dienone is 1. The third-order valence-corrected chi connectivity index (χ3v) is 7.96. The third kappa shape index (κ3) is 11.3. The van der Waals surface area contributed by atoms with E-state index in [9.17, 15) is 9.13 Å². The third-order valence-electron chi connectivity index (χ3n) is 6.14. The Morgan fingerprint density at radius 1 is 0.741 bits per heavy atom. The minimum Gasteiger partial charge on any atom is -0.314 e. The molecule has 0 heterocycles. The van der Waals surface area contributed by atoms with Gasteiger partial charge in [0.1, 0.15) is 0 Å². The first kappa shape index (κ1) is 26.6. The van der Waals surface area contributed by atoms with Crippen LogP contribution in [0.15, 0.2) is 12.7 Å². The van der Waals surface area contributed by atoms with Crippen LogP contribution in [0.4, 0.5) is 0 Å². The maximum Gasteiger partial charge on any atom is 0.378 e. The van der Waals surface area contributed by atoms with Gasteiger partial charge in [-0.25, -0.2) is 9.13 Å². The van der Waals surface area contributed by atoms with Gasteiger partial charge in [-0.2, -0.15) is 0 Å². The summed E-state index contributed by atoms with van der Waals surface area (Å²) in [6.07, 6.45) is 21.7. The van der Waals surface area contributed by atoms with Gasteiger partial charge in [-0.15, -0.1) is 6.58 Å². The van der Waals surface area contributed by atoms with Crippen LogP contribution in [0, 0.1) is 0 Å². The Labute approximate surface area is 170 Å². The zero-order chi connectivity index (χ0) is 20.6. The van der Waals surface area contributed by atoms with Crippen molar-refractivity contribution in [1.82, 2.24) is 0 Å². The topological polar surface area (TPSA) is 34.1 Å². The van der Waals surface area contributed by atoms with Gasteiger partial charge in [0.15, 0.2) is 0 Å². The fraction of sp³-hybridized carbons (Fsp3) is 0.913. The first-order chi connectivity index (χ1) is 12.8. The number of rotatable bonds is 19. The Bertz CT molecular complexity index is 432. The van der Waals surface area contributed by atoms with Gasteiger partial charge in [0.25, 0.3) is 0 Å². The van der Waals surface area contributed by atoms with Gasteiger partial charge in [-0.05, 0) is 19.3 Å². The maximum atomic E-state index is 11.9. The summed E-state index contributed by atoms with van der Waals surface area (Å²) in [5.74, 6) is 0. The average molecular weight is 401 g/mol. The van der Waals surface area contributed by atoms with E-state index >= 15 is 0 Å². The highest BCUT2D eigenvalue weighted by Crippen LogP contribution is 2.43. The van der Waals surface area contributed by atoms with E-state index in [1.165, 1.54) is 77.0 Å². The Kier molecular flexibility index (Phi) is 15.3. The van der Waals surface area contributed by atoms with Gasteiger partial charge < -0.3 is 4.48 Å². The summed E-state index contributed by atoms with van der Waals surface area (Å²) in [5.41, 5.74) is 0. The molecule has 0 spiro atoms. The fourth-order valence-corrected chi connectivity index (χ4v) is 5.18. The molecule has 3 nitrogen and oxygen atoms in total. The lowest BCUT2D eigenvalue weighted by atomic mass is 10.0. The van der Waals surface area contributed by atoms with E-state index < -0.39 is 13.0 Å². The summed E-state index contributed by atoms with van der Waals surface area (Å²) in [5, 5.41) is -0.596. The van der Waals surface area contributed by atoms with Crippen molar-refractivity contribution in [2.75, 3.05) is 21.1 Å². The van der Waals surface area contributed by atoms with Crippen molar-refractivity contribution in [2.45, 2.75) is 115 Å². The van der Waals surface area contributed by atoms with Crippen LogP contribution >= 0.6 is 7.68 Å². The van der Waals surface area contributed by atoms with Crippen molar-refractivity contribution < 1.29 is 13.6 Å². The molecule has 0 aromatic heterocycles. The summed E-state index contributed by atoms with van der Waals surface area (Å²) in [6, 6.07) is 0. The first-order valence-corrected chi connectivity index (χ1v) is 12.6. The predicted octanol–water partition coefficient (Wildman–Crippen LogP) is 8.01. The van der Waals surface area contributed by atoms with Crippen LogP contribution < -0.4 is 0 Å². The molecule has 0 aromatic rings. The summed E-state index contributed by atoms with van der Waals surface area (Å²) in [4.78, 5) is 0. The van der Waals surface area contributed by atoms with E-state index in [2.05, 4.69) is 6.58 Å². The normalized spacial score (nSPS) is 14.1. The molecule has 0 radical (unpaired) electrons. The lowest BCUT2D eigenvalue weighted by Crippen LogP contribution is -2.53. The van der Waals surface area contributed by atoms with Crippen LogP contribution in [0.2, 0.25) is 0 Å². The first-order valence-electron chi connectivity index (χ1n) is 11.4. The van der Waals surface area contributed by atoms with E-state index in [0.29, 0.717) is 10.9 Å². The molecule has 0 aromatic carbocycles. The molecular weight excluding hydrogens is 353 g/mol. The summed E-state index contributed by atoms with van der Waals surface area (Å²) in [7, 11) is 3.62. The largest absolute Gasteiger partial charge is 0.378 e. The molecule has 160 valence electrons. The monoisotopic (exact) mass is 400 g/mol. The highest BCUT2D eigenvalue weighted by molar-refractivity contribution is 7.32. The zero-order valence-corrected chi connectivity index (χ0v) is 19.7. The average Bonchev–Trinajstić information content (AvgIpc) is 2.60. The molecular formula is C23H47NO2P+. The number of hydrogen-bond acceptors (Lipinski definition) is 2. The molecule has 0 aliphatic carbocycles. The molecule has 0 N–H and O–H groups in total. The number of hydrogen-bond donors (Lipinski definition) is 0. The summed E-state index contributed by atoms with van der Waals surface area (Å²) in [6.45, 7) is 5.78. The lowest BCUT2D eigenvalue weighted by molar-refractivity contribution is -0.908. The van der Waals surface area contributed by atoms with Crippen LogP contribution in [0.25, 0.3) is 0 Å². The van der Waals surface area contributed by atoms with Gasteiger partial charge in [0.05, 0.1) is 21.1 Å². The van der Waals surface area contributed by atoms with Crippen molar-refractivity contribution in [3.05, 3.63) is 12.7 Å². The zero-order valence-electron chi connectivity index (χ0n) is 18.8. The minimum absolute atomic E-state index is 0.510. The molecule has 0 saturated heterocycles. The Morgan fingerprint density at radius 3 is 1.41 bits per heavy atom. The molecule has 0 bridgehead atoms. The van der Waals surface area contributed by atoms with E-state index in [-0.39, 0.29) is 0 Å². The van der Waals surface area contributed by atoms with Crippen LogP contribution in [0.1, 0.15) is 110 Å². The second-order valence-electron chi connectivity index (χ2n) is 9.03. The second kappa shape index (κ2) is 15.5. The minimum atomic E-state index is -2.41. The van der Waals surface area contributed by atoms with Crippen LogP contribution in [-0.2, 0) is 9.13 Å². The van der Waals surface area contributed by atoms with Gasteiger partial charge in [-0.3, -0.25) is 0 Å². The number of unbranched alkanes of at least 4 members (excludes halogenated alkanes) is 13. The summed E-state index contributed by atoms with van der Waals surface area (Å²) >= 11 is 0. The molecule has 1 atom stereocenters.